The molecule has 4 rings (SSSR count). The number of nitrogens with one attached hydrogen (secondary N) is 2. The summed E-state index contributed by atoms with van der Waals surface area (Å²) in [6.45, 7) is 0.877. The number of para-hydroxylation sites is 1. The molecule has 1 fully saturated rings. The highest BCUT2D eigenvalue weighted by Gasteiger charge is 2.29. The summed E-state index contributed by atoms with van der Waals surface area (Å²) in [5, 5.41) is 14.6. The van der Waals surface area contributed by atoms with E-state index in [1.165, 1.54) is 23.5 Å². The van der Waals surface area contributed by atoms with Crippen molar-refractivity contribution >= 4 is 27.7 Å². The van der Waals surface area contributed by atoms with E-state index in [2.05, 4.69) is 16.7 Å². The van der Waals surface area contributed by atoms with Gasteiger partial charge in [-0.15, -0.1) is 0 Å². The predicted molar refractivity (Wildman–Crippen MR) is 147 cm³/mol. The Morgan fingerprint density at radius 2 is 1.64 bits per heavy atom. The number of nitrogens with zero attached hydrogens (tertiary/aromatic N) is 2. The van der Waals surface area contributed by atoms with Gasteiger partial charge in [-0.25, -0.2) is 18.0 Å². The molecule has 3 aromatic carbocycles. The molecule has 9 nitrogen and oxygen atoms in total. The first-order valence-corrected chi connectivity index (χ1v) is 14.1. The van der Waals surface area contributed by atoms with Crippen LogP contribution in [0.15, 0.2) is 77.7 Å². The summed E-state index contributed by atoms with van der Waals surface area (Å²) < 4.78 is 32.8. The van der Waals surface area contributed by atoms with Crippen molar-refractivity contribution in [3.05, 3.63) is 83.9 Å². The Bertz CT molecular complexity index is 1480. The van der Waals surface area contributed by atoms with Gasteiger partial charge in [-0.2, -0.15) is 9.57 Å². The molecule has 0 aromatic heterocycles. The minimum absolute atomic E-state index is 0.00454. The molecule has 0 bridgehead atoms. The van der Waals surface area contributed by atoms with Crippen molar-refractivity contribution in [2.24, 2.45) is 0 Å². The molecule has 10 heteroatoms. The molecule has 0 saturated carbocycles. The molecule has 2 N–H and O–H groups in total. The number of rotatable bonds is 8. The summed E-state index contributed by atoms with van der Waals surface area (Å²) in [6.07, 6.45) is 2.72. The number of piperidine rings is 1. The van der Waals surface area contributed by atoms with Gasteiger partial charge >= 0.3 is 12.0 Å². The number of benzene rings is 3. The van der Waals surface area contributed by atoms with Gasteiger partial charge in [-0.3, -0.25) is 0 Å². The van der Waals surface area contributed by atoms with Crippen molar-refractivity contribution in [3.8, 4) is 17.2 Å². The highest BCUT2D eigenvalue weighted by atomic mass is 32.2. The Balaban J connectivity index is 1.48. The van der Waals surface area contributed by atoms with E-state index in [-0.39, 0.29) is 17.0 Å². The summed E-state index contributed by atoms with van der Waals surface area (Å²) in [6, 6.07) is 21.3. The fourth-order valence-electron chi connectivity index (χ4n) is 4.58. The van der Waals surface area contributed by atoms with Crippen molar-refractivity contribution < 1.29 is 22.7 Å². The Morgan fingerprint density at radius 3 is 2.33 bits per heavy atom. The summed E-state index contributed by atoms with van der Waals surface area (Å²) in [5.41, 5.74) is 3.09. The van der Waals surface area contributed by atoms with E-state index in [1.807, 2.05) is 36.4 Å². The topological polar surface area (TPSA) is 129 Å². The van der Waals surface area contributed by atoms with Crippen LogP contribution in [0.4, 0.5) is 10.5 Å². The Hall–Kier alpha value is -4.20. The fraction of sp³-hybridized carbons (Fsp3) is 0.276. The number of nitriles is 1. The second kappa shape index (κ2) is 12.6. The number of urea groups is 1. The molecule has 1 aliphatic rings. The van der Waals surface area contributed by atoms with Crippen LogP contribution in [0.1, 0.15) is 30.4 Å². The first kappa shape index (κ1) is 27.8. The van der Waals surface area contributed by atoms with Crippen LogP contribution in [-0.4, -0.2) is 51.0 Å². The van der Waals surface area contributed by atoms with Crippen molar-refractivity contribution in [1.82, 2.24) is 9.62 Å². The third-order valence-electron chi connectivity index (χ3n) is 6.61. The monoisotopic (exact) mass is 546 g/mol. The molecule has 39 heavy (non-hydrogen) atoms. The van der Waals surface area contributed by atoms with Gasteiger partial charge in [0, 0.05) is 19.5 Å². The number of ether oxygens (including phenoxy) is 1. The van der Waals surface area contributed by atoms with Crippen molar-refractivity contribution in [2.45, 2.75) is 36.6 Å². The van der Waals surface area contributed by atoms with Crippen molar-refractivity contribution in [1.29, 1.82) is 5.26 Å². The molecule has 1 heterocycles. The molecular weight excluding hydrogens is 516 g/mol. The van der Waals surface area contributed by atoms with Crippen LogP contribution in [0.25, 0.3) is 11.1 Å². The number of anilines is 1. The van der Waals surface area contributed by atoms with Crippen molar-refractivity contribution in [2.75, 3.05) is 25.5 Å². The Labute approximate surface area is 228 Å². The minimum Gasteiger partial charge on any atom is -0.467 e. The Morgan fingerprint density at radius 1 is 0.974 bits per heavy atom. The van der Waals surface area contributed by atoms with Gasteiger partial charge in [0.2, 0.25) is 10.0 Å². The molecule has 0 spiro atoms. The molecule has 1 saturated heterocycles. The molecule has 1 unspecified atom stereocenters. The summed E-state index contributed by atoms with van der Waals surface area (Å²) in [5.74, 6) is -0.640. The number of carbonyl (C=O) groups is 2. The van der Waals surface area contributed by atoms with Crippen molar-refractivity contribution in [3.63, 3.8) is 0 Å². The van der Waals surface area contributed by atoms with Gasteiger partial charge in [-0.05, 0) is 47.7 Å². The van der Waals surface area contributed by atoms with E-state index in [0.29, 0.717) is 18.7 Å². The van der Waals surface area contributed by atoms with Gasteiger partial charge in [0.25, 0.3) is 0 Å². The predicted octanol–water partition coefficient (Wildman–Crippen LogP) is 4.31. The molecule has 202 valence electrons. The van der Waals surface area contributed by atoms with Crippen LogP contribution in [-0.2, 0) is 26.0 Å². The average Bonchev–Trinajstić information content (AvgIpc) is 2.97. The maximum atomic E-state index is 13.2. The van der Waals surface area contributed by atoms with E-state index in [1.54, 1.807) is 24.3 Å². The first-order valence-electron chi connectivity index (χ1n) is 12.7. The van der Waals surface area contributed by atoms with Gasteiger partial charge in [-0.1, -0.05) is 61.0 Å². The van der Waals surface area contributed by atoms with Crippen LogP contribution in [0.2, 0.25) is 0 Å². The van der Waals surface area contributed by atoms with Gasteiger partial charge in [0.15, 0.2) is 0 Å². The molecular formula is C29H30N4O5S. The maximum absolute atomic E-state index is 13.2. The van der Waals surface area contributed by atoms with E-state index >= 15 is 0 Å². The smallest absolute Gasteiger partial charge is 0.328 e. The van der Waals surface area contributed by atoms with Gasteiger partial charge < -0.3 is 15.4 Å². The highest BCUT2D eigenvalue weighted by molar-refractivity contribution is 7.89. The maximum Gasteiger partial charge on any atom is 0.328 e. The molecule has 1 atom stereocenters. The quantitative estimate of drug-likeness (QED) is 0.405. The normalized spacial score (nSPS) is 14.6. The number of sulfonamides is 1. The second-order valence-electron chi connectivity index (χ2n) is 9.19. The van der Waals surface area contributed by atoms with E-state index in [9.17, 15) is 23.3 Å². The molecule has 2 amide bonds. The zero-order chi connectivity index (χ0) is 27.8. The minimum atomic E-state index is -3.79. The second-order valence-corrected chi connectivity index (χ2v) is 11.1. The lowest BCUT2D eigenvalue weighted by Gasteiger charge is -2.27. The van der Waals surface area contributed by atoms with Crippen LogP contribution in [0, 0.1) is 11.3 Å². The molecule has 0 aliphatic carbocycles. The van der Waals surface area contributed by atoms with Crippen LogP contribution < -0.4 is 10.6 Å². The first-order chi connectivity index (χ1) is 18.8. The van der Waals surface area contributed by atoms with Gasteiger partial charge in [0.05, 0.1) is 24.4 Å². The summed E-state index contributed by atoms with van der Waals surface area (Å²) in [4.78, 5) is 25.4. The van der Waals surface area contributed by atoms with Crippen LogP contribution in [0.5, 0.6) is 0 Å². The number of methoxy groups -OCH3 is 1. The largest absolute Gasteiger partial charge is 0.467 e. The lowest BCUT2D eigenvalue weighted by molar-refractivity contribution is -0.142. The number of carbonyl (C=O) groups excluding carboxylic acids is 2. The summed E-state index contributed by atoms with van der Waals surface area (Å²) in [7, 11) is -2.56. The van der Waals surface area contributed by atoms with Crippen LogP contribution in [0.3, 0.4) is 0 Å². The Kier molecular flexibility index (Phi) is 8.96. The molecule has 1 aliphatic heterocycles. The third kappa shape index (κ3) is 6.63. The number of hydrogen-bond acceptors (Lipinski definition) is 6. The highest BCUT2D eigenvalue weighted by Crippen LogP contribution is 2.27. The number of esters is 1. The zero-order valence-electron chi connectivity index (χ0n) is 21.6. The number of amides is 2. The van der Waals surface area contributed by atoms with E-state index in [0.717, 1.165) is 36.0 Å². The van der Waals surface area contributed by atoms with Gasteiger partial charge in [0.1, 0.15) is 10.9 Å². The lowest BCUT2D eigenvalue weighted by atomic mass is 9.97. The van der Waals surface area contributed by atoms with E-state index < -0.39 is 28.1 Å². The third-order valence-corrected chi connectivity index (χ3v) is 8.57. The zero-order valence-corrected chi connectivity index (χ0v) is 22.4. The molecule has 3 aromatic rings. The SMILES string of the molecule is COC(=O)C(Cc1ccc(-c2ccccc2C#N)cc1)NC(=O)Nc1ccccc1S(=O)(=O)N1CCCCC1. The molecule has 0 radical (unpaired) electrons. The summed E-state index contributed by atoms with van der Waals surface area (Å²) >= 11 is 0. The van der Waals surface area contributed by atoms with Crippen LogP contribution >= 0.6 is 0 Å². The fourth-order valence-corrected chi connectivity index (χ4v) is 6.24. The number of hydrogen-bond donors (Lipinski definition) is 2. The standard InChI is InChI=1S/C29H30N4O5S/c1-38-28(34)26(19-21-13-15-22(16-14-21)24-10-4-3-9-23(24)20-30)32-29(35)31-25-11-5-6-12-27(25)39(36,37)33-17-7-2-8-18-33/h3-6,9-16,26H,2,7-8,17-19H2,1H3,(H2,31,32,35). The van der Waals surface area contributed by atoms with E-state index in [4.69, 9.17) is 4.74 Å². The lowest BCUT2D eigenvalue weighted by Crippen LogP contribution is -2.45. The average molecular weight is 547 g/mol.